The van der Waals surface area contributed by atoms with Gasteiger partial charge in [0.25, 0.3) is 0 Å². The molecular weight excluding hydrogens is 260 g/mol. The van der Waals surface area contributed by atoms with E-state index in [1.54, 1.807) is 12.1 Å². The van der Waals surface area contributed by atoms with Crippen LogP contribution in [-0.2, 0) is 11.1 Å². The summed E-state index contributed by atoms with van der Waals surface area (Å²) in [4.78, 5) is 0.253. The lowest BCUT2D eigenvalue weighted by Crippen LogP contribution is -2.20. The van der Waals surface area contributed by atoms with Crippen molar-refractivity contribution < 1.29 is 13.5 Å². The van der Waals surface area contributed by atoms with Gasteiger partial charge in [-0.05, 0) is 43.9 Å². The highest BCUT2D eigenvalue weighted by Gasteiger charge is 2.18. The van der Waals surface area contributed by atoms with E-state index in [0.29, 0.717) is 10.8 Å². The maximum absolute atomic E-state index is 11.2. The van der Waals surface area contributed by atoms with Crippen LogP contribution in [0.15, 0.2) is 23.1 Å². The molecule has 1 unspecified atom stereocenters. The molecule has 1 aromatic carbocycles. The zero-order chi connectivity index (χ0) is 12.3. The molecule has 5 heteroatoms. The van der Waals surface area contributed by atoms with E-state index in [4.69, 9.17) is 16.3 Å². The molecule has 1 aliphatic rings. The van der Waals surface area contributed by atoms with Crippen LogP contribution in [-0.4, -0.2) is 14.9 Å². The molecule has 1 atom stereocenters. The SMILES string of the molecule is O=S(O)c1cc(Cl)ccc1OC1CCCCC1. The van der Waals surface area contributed by atoms with Crippen molar-refractivity contribution in [2.24, 2.45) is 0 Å². The highest BCUT2D eigenvalue weighted by molar-refractivity contribution is 7.79. The van der Waals surface area contributed by atoms with Gasteiger partial charge in [-0.2, -0.15) is 0 Å². The minimum atomic E-state index is -2.06. The molecule has 0 amide bonds. The van der Waals surface area contributed by atoms with Crippen LogP contribution in [0.25, 0.3) is 0 Å². The van der Waals surface area contributed by atoms with Gasteiger partial charge in [-0.3, -0.25) is 0 Å². The summed E-state index contributed by atoms with van der Waals surface area (Å²) in [5.41, 5.74) is 0. The van der Waals surface area contributed by atoms with Crippen molar-refractivity contribution >= 4 is 22.7 Å². The first-order valence-electron chi connectivity index (χ1n) is 5.74. The predicted molar refractivity (Wildman–Crippen MR) is 68.0 cm³/mol. The zero-order valence-corrected chi connectivity index (χ0v) is 11.0. The Labute approximate surface area is 108 Å². The molecule has 0 aromatic heterocycles. The molecule has 0 heterocycles. The van der Waals surface area contributed by atoms with Crippen molar-refractivity contribution in [1.82, 2.24) is 0 Å². The second kappa shape index (κ2) is 5.85. The Kier molecular flexibility index (Phi) is 4.42. The molecule has 1 fully saturated rings. The molecule has 1 aromatic rings. The Morgan fingerprint density at radius 3 is 2.65 bits per heavy atom. The summed E-state index contributed by atoms with van der Waals surface area (Å²) in [6.45, 7) is 0. The molecule has 94 valence electrons. The third-order valence-electron chi connectivity index (χ3n) is 2.94. The number of ether oxygens (including phenoxy) is 1. The van der Waals surface area contributed by atoms with Crippen LogP contribution in [0, 0.1) is 0 Å². The molecular formula is C12H15ClO3S. The number of rotatable bonds is 3. The first-order valence-corrected chi connectivity index (χ1v) is 7.22. The quantitative estimate of drug-likeness (QED) is 0.856. The van der Waals surface area contributed by atoms with Crippen LogP contribution in [0.2, 0.25) is 5.02 Å². The Balaban J connectivity index is 2.16. The fourth-order valence-corrected chi connectivity index (χ4v) is 2.83. The van der Waals surface area contributed by atoms with E-state index < -0.39 is 11.1 Å². The number of halogens is 1. The maximum Gasteiger partial charge on any atom is 0.190 e. The summed E-state index contributed by atoms with van der Waals surface area (Å²) in [5.74, 6) is 0.474. The smallest absolute Gasteiger partial charge is 0.190 e. The Hall–Kier alpha value is -0.580. The number of benzene rings is 1. The molecule has 17 heavy (non-hydrogen) atoms. The molecule has 3 nitrogen and oxygen atoms in total. The molecule has 1 N–H and O–H groups in total. The summed E-state index contributed by atoms with van der Waals surface area (Å²) in [7, 11) is 0. The van der Waals surface area contributed by atoms with Gasteiger partial charge in [0, 0.05) is 5.02 Å². The second-order valence-electron chi connectivity index (χ2n) is 4.22. The molecule has 0 saturated heterocycles. The van der Waals surface area contributed by atoms with E-state index in [2.05, 4.69) is 0 Å². The molecule has 0 radical (unpaired) electrons. The van der Waals surface area contributed by atoms with Crippen molar-refractivity contribution in [2.75, 3.05) is 0 Å². The third kappa shape index (κ3) is 3.44. The second-order valence-corrected chi connectivity index (χ2v) is 5.59. The highest BCUT2D eigenvalue weighted by atomic mass is 35.5. The average Bonchev–Trinajstić information content (AvgIpc) is 2.32. The lowest BCUT2D eigenvalue weighted by Gasteiger charge is -2.23. The minimum absolute atomic E-state index is 0.159. The van der Waals surface area contributed by atoms with Crippen LogP contribution < -0.4 is 4.74 Å². The number of hydrogen-bond donors (Lipinski definition) is 1. The van der Waals surface area contributed by atoms with Gasteiger partial charge in [0.1, 0.15) is 10.6 Å². The zero-order valence-electron chi connectivity index (χ0n) is 9.39. The Morgan fingerprint density at radius 1 is 1.29 bits per heavy atom. The summed E-state index contributed by atoms with van der Waals surface area (Å²) in [6, 6.07) is 4.83. The van der Waals surface area contributed by atoms with Gasteiger partial charge in [0.15, 0.2) is 11.1 Å². The van der Waals surface area contributed by atoms with Crippen LogP contribution in [0.4, 0.5) is 0 Å². The molecule has 1 aliphatic carbocycles. The van der Waals surface area contributed by atoms with Crippen molar-refractivity contribution in [1.29, 1.82) is 0 Å². The van der Waals surface area contributed by atoms with E-state index >= 15 is 0 Å². The van der Waals surface area contributed by atoms with Crippen molar-refractivity contribution in [3.63, 3.8) is 0 Å². The largest absolute Gasteiger partial charge is 0.489 e. The van der Waals surface area contributed by atoms with Crippen molar-refractivity contribution in [2.45, 2.75) is 43.1 Å². The standard InChI is InChI=1S/C12H15ClO3S/c13-9-6-7-11(12(8-9)17(14)15)16-10-4-2-1-3-5-10/h6-8,10H,1-5H2,(H,14,15). The number of hydrogen-bond acceptors (Lipinski definition) is 2. The average molecular weight is 275 g/mol. The topological polar surface area (TPSA) is 46.5 Å². The lowest BCUT2D eigenvalue weighted by molar-refractivity contribution is 0.151. The van der Waals surface area contributed by atoms with Crippen LogP contribution in [0.5, 0.6) is 5.75 Å². The molecule has 0 bridgehead atoms. The van der Waals surface area contributed by atoms with Gasteiger partial charge in [-0.25, -0.2) is 4.21 Å². The predicted octanol–water partition coefficient (Wildman–Crippen LogP) is 3.63. The Bertz CT molecular complexity index is 416. The van der Waals surface area contributed by atoms with Gasteiger partial charge in [-0.15, -0.1) is 0 Å². The van der Waals surface area contributed by atoms with Gasteiger partial charge in [0.05, 0.1) is 6.10 Å². The van der Waals surface area contributed by atoms with Crippen molar-refractivity contribution in [3.8, 4) is 5.75 Å². The molecule has 2 rings (SSSR count). The fraction of sp³-hybridized carbons (Fsp3) is 0.500. The summed E-state index contributed by atoms with van der Waals surface area (Å²) in [5, 5.41) is 0.443. The normalized spacial score (nSPS) is 18.9. The van der Waals surface area contributed by atoms with Gasteiger partial charge in [-0.1, -0.05) is 18.0 Å². The first kappa shape index (κ1) is 12.9. The summed E-state index contributed by atoms with van der Waals surface area (Å²) >= 11 is 3.74. The maximum atomic E-state index is 11.2. The summed E-state index contributed by atoms with van der Waals surface area (Å²) in [6.07, 6.45) is 5.76. The molecule has 0 spiro atoms. The van der Waals surface area contributed by atoms with E-state index in [-0.39, 0.29) is 11.0 Å². The van der Waals surface area contributed by atoms with E-state index in [9.17, 15) is 8.76 Å². The molecule has 1 saturated carbocycles. The van der Waals surface area contributed by atoms with Gasteiger partial charge >= 0.3 is 0 Å². The van der Waals surface area contributed by atoms with E-state index in [0.717, 1.165) is 25.7 Å². The summed E-state index contributed by atoms with van der Waals surface area (Å²) < 4.78 is 26.2. The lowest BCUT2D eigenvalue weighted by atomic mass is 9.98. The van der Waals surface area contributed by atoms with E-state index in [1.165, 1.54) is 12.5 Å². The highest BCUT2D eigenvalue weighted by Crippen LogP contribution is 2.29. The van der Waals surface area contributed by atoms with Gasteiger partial charge in [0.2, 0.25) is 0 Å². The fourth-order valence-electron chi connectivity index (χ4n) is 2.08. The Morgan fingerprint density at radius 2 is 2.00 bits per heavy atom. The van der Waals surface area contributed by atoms with Gasteiger partial charge < -0.3 is 9.29 Å². The third-order valence-corrected chi connectivity index (χ3v) is 3.87. The molecule has 0 aliphatic heterocycles. The van der Waals surface area contributed by atoms with Crippen LogP contribution >= 0.6 is 11.6 Å². The van der Waals surface area contributed by atoms with E-state index in [1.807, 2.05) is 0 Å². The monoisotopic (exact) mass is 274 g/mol. The first-order chi connectivity index (χ1) is 8.16. The van der Waals surface area contributed by atoms with Crippen molar-refractivity contribution in [3.05, 3.63) is 23.2 Å². The van der Waals surface area contributed by atoms with Crippen LogP contribution in [0.1, 0.15) is 32.1 Å². The van der Waals surface area contributed by atoms with Crippen LogP contribution in [0.3, 0.4) is 0 Å². The minimum Gasteiger partial charge on any atom is -0.489 e.